The van der Waals surface area contributed by atoms with Gasteiger partial charge in [-0.3, -0.25) is 4.99 Å². The number of methoxy groups -OCH3 is 1. The molecule has 0 bridgehead atoms. The Labute approximate surface area is 175 Å². The molecule has 2 aliphatic rings. The minimum atomic E-state index is 0.0951. The number of ether oxygens (including phenoxy) is 3. The van der Waals surface area contributed by atoms with E-state index in [-0.39, 0.29) is 17.6 Å². The molecule has 6 heteroatoms. The van der Waals surface area contributed by atoms with Crippen molar-refractivity contribution in [2.24, 2.45) is 4.99 Å². The van der Waals surface area contributed by atoms with Crippen molar-refractivity contribution in [2.75, 3.05) is 40.0 Å². The van der Waals surface area contributed by atoms with E-state index < -0.39 is 0 Å². The Hall–Kier alpha value is -1.79. The van der Waals surface area contributed by atoms with Crippen molar-refractivity contribution in [1.29, 1.82) is 0 Å². The smallest absolute Gasteiger partial charge is 0.191 e. The number of benzene rings is 1. The molecule has 2 N–H and O–H groups in total. The van der Waals surface area contributed by atoms with E-state index in [1.807, 2.05) is 6.07 Å². The standard InChI is InChI=1S/C23H37N3O3/c1-4-24-22(26-18(2)15-29-21-10-13-28-16-21)25-17-23(11-5-6-12-23)19-8-7-9-20(14-19)27-3/h7-9,14,18,21H,4-6,10-13,15-17H2,1-3H3,(H2,24,25,26). The van der Waals surface area contributed by atoms with E-state index in [2.05, 4.69) is 42.7 Å². The van der Waals surface area contributed by atoms with Crippen molar-refractivity contribution in [3.63, 3.8) is 0 Å². The van der Waals surface area contributed by atoms with Gasteiger partial charge in [0.1, 0.15) is 5.75 Å². The van der Waals surface area contributed by atoms with Crippen LogP contribution < -0.4 is 15.4 Å². The third-order valence-electron chi connectivity index (χ3n) is 5.98. The van der Waals surface area contributed by atoms with Crippen molar-refractivity contribution < 1.29 is 14.2 Å². The molecule has 2 fully saturated rings. The van der Waals surface area contributed by atoms with E-state index in [0.717, 1.165) is 37.8 Å². The first kappa shape index (κ1) is 21.9. The highest BCUT2D eigenvalue weighted by molar-refractivity contribution is 5.80. The van der Waals surface area contributed by atoms with Crippen LogP contribution >= 0.6 is 0 Å². The fourth-order valence-corrected chi connectivity index (χ4v) is 4.29. The molecule has 1 saturated carbocycles. The van der Waals surface area contributed by atoms with Gasteiger partial charge in [-0.1, -0.05) is 25.0 Å². The molecule has 1 aliphatic heterocycles. The number of rotatable bonds is 9. The fraction of sp³-hybridized carbons (Fsp3) is 0.696. The van der Waals surface area contributed by atoms with E-state index in [1.54, 1.807) is 7.11 Å². The summed E-state index contributed by atoms with van der Waals surface area (Å²) in [6, 6.07) is 8.70. The lowest BCUT2D eigenvalue weighted by atomic mass is 9.79. The molecular weight excluding hydrogens is 366 g/mol. The lowest BCUT2D eigenvalue weighted by Crippen LogP contribution is -2.45. The van der Waals surface area contributed by atoms with Gasteiger partial charge in [-0.25, -0.2) is 0 Å². The van der Waals surface area contributed by atoms with Crippen molar-refractivity contribution in [3.8, 4) is 5.75 Å². The highest BCUT2D eigenvalue weighted by Gasteiger charge is 2.36. The van der Waals surface area contributed by atoms with E-state index in [9.17, 15) is 0 Å². The third-order valence-corrected chi connectivity index (χ3v) is 5.98. The number of aliphatic imine (C=N–C) groups is 1. The van der Waals surface area contributed by atoms with Gasteiger partial charge in [-0.15, -0.1) is 0 Å². The average Bonchev–Trinajstić information content (AvgIpc) is 3.43. The van der Waals surface area contributed by atoms with Gasteiger partial charge in [-0.05, 0) is 50.8 Å². The van der Waals surface area contributed by atoms with Crippen LogP contribution in [0, 0.1) is 0 Å². The summed E-state index contributed by atoms with van der Waals surface area (Å²) in [5.74, 6) is 1.78. The maximum atomic E-state index is 5.95. The van der Waals surface area contributed by atoms with Crippen molar-refractivity contribution in [2.45, 2.75) is 63.5 Å². The van der Waals surface area contributed by atoms with Crippen molar-refractivity contribution in [3.05, 3.63) is 29.8 Å². The summed E-state index contributed by atoms with van der Waals surface area (Å²) < 4.78 is 16.8. The van der Waals surface area contributed by atoms with E-state index in [4.69, 9.17) is 19.2 Å². The molecule has 0 amide bonds. The number of hydrogen-bond donors (Lipinski definition) is 2. The van der Waals surface area contributed by atoms with Gasteiger partial charge >= 0.3 is 0 Å². The van der Waals surface area contributed by atoms with E-state index in [0.29, 0.717) is 13.2 Å². The molecule has 0 radical (unpaired) electrons. The van der Waals surface area contributed by atoms with Crippen LogP contribution in [0.15, 0.2) is 29.3 Å². The van der Waals surface area contributed by atoms with Gasteiger partial charge in [0.15, 0.2) is 5.96 Å². The Bertz CT molecular complexity index is 653. The van der Waals surface area contributed by atoms with Crippen LogP contribution in [0.1, 0.15) is 51.5 Å². The number of nitrogens with zero attached hydrogens (tertiary/aromatic N) is 1. The van der Waals surface area contributed by atoms with Gasteiger partial charge in [0.2, 0.25) is 0 Å². The number of guanidine groups is 1. The molecule has 162 valence electrons. The topological polar surface area (TPSA) is 64.1 Å². The Morgan fingerprint density at radius 2 is 2.17 bits per heavy atom. The molecule has 1 saturated heterocycles. The maximum Gasteiger partial charge on any atom is 0.191 e. The van der Waals surface area contributed by atoms with Crippen LogP contribution in [0.2, 0.25) is 0 Å². The maximum absolute atomic E-state index is 5.95. The molecule has 1 aromatic carbocycles. The first-order valence-corrected chi connectivity index (χ1v) is 11.0. The first-order chi connectivity index (χ1) is 14.1. The Morgan fingerprint density at radius 1 is 1.34 bits per heavy atom. The monoisotopic (exact) mass is 403 g/mol. The highest BCUT2D eigenvalue weighted by atomic mass is 16.5. The van der Waals surface area contributed by atoms with Gasteiger partial charge in [0.05, 0.1) is 33.0 Å². The summed E-state index contributed by atoms with van der Waals surface area (Å²) in [5, 5.41) is 6.90. The largest absolute Gasteiger partial charge is 0.497 e. The second kappa shape index (κ2) is 10.8. The van der Waals surface area contributed by atoms with Gasteiger partial charge < -0.3 is 24.8 Å². The zero-order valence-electron chi connectivity index (χ0n) is 18.2. The summed E-state index contributed by atoms with van der Waals surface area (Å²) in [6.45, 7) is 8.02. The molecule has 6 nitrogen and oxygen atoms in total. The average molecular weight is 404 g/mol. The van der Waals surface area contributed by atoms with E-state index >= 15 is 0 Å². The summed E-state index contributed by atoms with van der Waals surface area (Å²) in [6.07, 6.45) is 6.07. The quantitative estimate of drug-likeness (QED) is 0.489. The second-order valence-electron chi connectivity index (χ2n) is 8.28. The lowest BCUT2D eigenvalue weighted by Gasteiger charge is -2.29. The minimum absolute atomic E-state index is 0.0951. The molecule has 29 heavy (non-hydrogen) atoms. The third kappa shape index (κ3) is 6.09. The fourth-order valence-electron chi connectivity index (χ4n) is 4.29. The van der Waals surface area contributed by atoms with Crippen LogP contribution in [-0.2, 0) is 14.9 Å². The number of hydrogen-bond acceptors (Lipinski definition) is 4. The highest BCUT2D eigenvalue weighted by Crippen LogP contribution is 2.42. The Morgan fingerprint density at radius 3 is 2.86 bits per heavy atom. The van der Waals surface area contributed by atoms with Crippen LogP contribution in [0.5, 0.6) is 5.75 Å². The zero-order valence-corrected chi connectivity index (χ0v) is 18.2. The molecular formula is C23H37N3O3. The number of nitrogens with one attached hydrogen (secondary N) is 2. The van der Waals surface area contributed by atoms with Crippen LogP contribution in [-0.4, -0.2) is 58.1 Å². The second-order valence-corrected chi connectivity index (χ2v) is 8.28. The van der Waals surface area contributed by atoms with E-state index in [1.165, 1.54) is 31.2 Å². The molecule has 1 heterocycles. The normalized spacial score (nSPS) is 22.4. The molecule has 3 rings (SSSR count). The van der Waals surface area contributed by atoms with Crippen LogP contribution in [0.3, 0.4) is 0 Å². The molecule has 1 aliphatic carbocycles. The predicted molar refractivity (Wildman–Crippen MR) is 117 cm³/mol. The predicted octanol–water partition coefficient (Wildman–Crippen LogP) is 3.26. The van der Waals surface area contributed by atoms with Gasteiger partial charge in [0.25, 0.3) is 0 Å². The Balaban J connectivity index is 1.64. The minimum Gasteiger partial charge on any atom is -0.497 e. The molecule has 1 aromatic rings. The zero-order chi connectivity index (χ0) is 20.5. The molecule has 0 aromatic heterocycles. The summed E-state index contributed by atoms with van der Waals surface area (Å²) >= 11 is 0. The van der Waals surface area contributed by atoms with Crippen molar-refractivity contribution >= 4 is 5.96 Å². The summed E-state index contributed by atoms with van der Waals surface area (Å²) in [4.78, 5) is 4.99. The molecule has 0 spiro atoms. The molecule has 2 atom stereocenters. The van der Waals surface area contributed by atoms with Gasteiger partial charge in [-0.2, -0.15) is 0 Å². The van der Waals surface area contributed by atoms with Crippen LogP contribution in [0.4, 0.5) is 0 Å². The summed E-state index contributed by atoms with van der Waals surface area (Å²) in [7, 11) is 1.73. The van der Waals surface area contributed by atoms with Crippen molar-refractivity contribution in [1.82, 2.24) is 10.6 Å². The SMILES string of the molecule is CCNC(=NCC1(c2cccc(OC)c2)CCCC1)NC(C)COC1CCOC1. The molecule has 2 unspecified atom stereocenters. The lowest BCUT2D eigenvalue weighted by molar-refractivity contribution is 0.0347. The summed E-state index contributed by atoms with van der Waals surface area (Å²) in [5.41, 5.74) is 1.43. The first-order valence-electron chi connectivity index (χ1n) is 11.0. The van der Waals surface area contributed by atoms with Crippen LogP contribution in [0.25, 0.3) is 0 Å². The van der Waals surface area contributed by atoms with Gasteiger partial charge in [0, 0.05) is 24.6 Å². The Kier molecular flexibility index (Phi) is 8.19.